The molecule has 2 nitrogen and oxygen atoms in total. The van der Waals surface area contributed by atoms with E-state index in [1.54, 1.807) is 6.92 Å². The largest absolute Gasteiger partial charge is 0.490 e. The smallest absolute Gasteiger partial charge is 0.163 e. The van der Waals surface area contributed by atoms with Crippen LogP contribution in [0.2, 0.25) is 0 Å². The fourth-order valence-electron chi connectivity index (χ4n) is 3.41. The van der Waals surface area contributed by atoms with Crippen LogP contribution in [-0.4, -0.2) is 11.9 Å². The predicted octanol–water partition coefficient (Wildman–Crippen LogP) is 5.25. The van der Waals surface area contributed by atoms with Crippen LogP contribution in [0.25, 0.3) is 0 Å². The molecule has 0 saturated heterocycles. The number of hydrogen-bond donors (Lipinski definition) is 0. The Morgan fingerprint density at radius 3 is 2.65 bits per heavy atom. The molecule has 1 saturated carbocycles. The second kappa shape index (κ2) is 5.88. The molecule has 1 aliphatic rings. The third-order valence-electron chi connectivity index (χ3n) is 3.96. The number of rotatable bonds is 3. The van der Waals surface area contributed by atoms with Crippen LogP contribution in [0.5, 0.6) is 5.75 Å². The van der Waals surface area contributed by atoms with Crippen LogP contribution in [0, 0.1) is 11.3 Å². The van der Waals surface area contributed by atoms with Crippen LogP contribution in [0.15, 0.2) is 22.7 Å². The number of benzene rings is 1. The lowest BCUT2D eigenvalue weighted by Crippen LogP contribution is -2.34. The molecule has 0 spiro atoms. The molecule has 2 rings (SSSR count). The molecule has 0 heterocycles. The molecular weight excluding hydrogens is 316 g/mol. The van der Waals surface area contributed by atoms with Gasteiger partial charge in [-0.25, -0.2) is 0 Å². The standard InChI is InChI=1S/C17H23BrO2/c1-11-7-14(10-17(3,4)9-11)20-16-8-13(18)5-6-15(16)12(2)19/h5-6,8,11,14H,7,9-10H2,1-4H3. The highest BCUT2D eigenvalue weighted by Gasteiger charge is 2.33. The first-order valence-electron chi connectivity index (χ1n) is 7.24. The predicted molar refractivity (Wildman–Crippen MR) is 85.4 cm³/mol. The lowest BCUT2D eigenvalue weighted by Gasteiger charge is -2.39. The van der Waals surface area contributed by atoms with Gasteiger partial charge in [-0.1, -0.05) is 36.7 Å². The van der Waals surface area contributed by atoms with Crippen molar-refractivity contribution in [1.29, 1.82) is 0 Å². The van der Waals surface area contributed by atoms with E-state index in [1.165, 1.54) is 6.42 Å². The zero-order valence-corrected chi connectivity index (χ0v) is 14.3. The molecule has 1 aromatic rings. The Morgan fingerprint density at radius 1 is 1.35 bits per heavy atom. The number of ether oxygens (including phenoxy) is 1. The first-order chi connectivity index (χ1) is 9.27. The zero-order valence-electron chi connectivity index (χ0n) is 12.7. The summed E-state index contributed by atoms with van der Waals surface area (Å²) in [5.74, 6) is 1.43. The lowest BCUT2D eigenvalue weighted by molar-refractivity contribution is 0.0554. The molecule has 0 amide bonds. The Bertz CT molecular complexity index is 508. The van der Waals surface area contributed by atoms with Crippen LogP contribution in [0.4, 0.5) is 0 Å². The average molecular weight is 339 g/mol. The summed E-state index contributed by atoms with van der Waals surface area (Å²) in [7, 11) is 0. The summed E-state index contributed by atoms with van der Waals surface area (Å²) >= 11 is 3.45. The van der Waals surface area contributed by atoms with Gasteiger partial charge in [0, 0.05) is 4.47 Å². The highest BCUT2D eigenvalue weighted by molar-refractivity contribution is 9.10. The van der Waals surface area contributed by atoms with Gasteiger partial charge in [-0.3, -0.25) is 4.79 Å². The fraction of sp³-hybridized carbons (Fsp3) is 0.588. The highest BCUT2D eigenvalue weighted by Crippen LogP contribution is 2.40. The molecule has 20 heavy (non-hydrogen) atoms. The number of ketones is 1. The lowest BCUT2D eigenvalue weighted by atomic mass is 9.71. The van der Waals surface area contributed by atoms with E-state index in [0.717, 1.165) is 17.3 Å². The van der Waals surface area contributed by atoms with E-state index in [4.69, 9.17) is 4.74 Å². The number of Topliss-reactive ketones (excluding diaryl/α,β-unsaturated/α-hetero) is 1. The Morgan fingerprint density at radius 2 is 2.05 bits per heavy atom. The van der Waals surface area contributed by atoms with Gasteiger partial charge in [0.25, 0.3) is 0 Å². The van der Waals surface area contributed by atoms with Crippen LogP contribution < -0.4 is 4.74 Å². The van der Waals surface area contributed by atoms with Crippen molar-refractivity contribution in [3.05, 3.63) is 28.2 Å². The molecular formula is C17H23BrO2. The molecule has 110 valence electrons. The first kappa shape index (κ1) is 15.6. The second-order valence-corrected chi connectivity index (χ2v) is 7.77. The third kappa shape index (κ3) is 3.85. The highest BCUT2D eigenvalue weighted by atomic mass is 79.9. The van der Waals surface area contributed by atoms with Gasteiger partial charge in [-0.05, 0) is 55.7 Å². The number of carbonyl (C=O) groups is 1. The van der Waals surface area contributed by atoms with Crippen LogP contribution >= 0.6 is 15.9 Å². The SMILES string of the molecule is CC(=O)c1ccc(Br)cc1OC1CC(C)CC(C)(C)C1. The first-order valence-corrected chi connectivity index (χ1v) is 8.03. The van der Waals surface area contributed by atoms with Crippen LogP contribution in [-0.2, 0) is 0 Å². The van der Waals surface area contributed by atoms with Crippen molar-refractivity contribution in [2.24, 2.45) is 11.3 Å². The van der Waals surface area contributed by atoms with E-state index in [2.05, 4.69) is 36.7 Å². The van der Waals surface area contributed by atoms with Gasteiger partial charge in [0.15, 0.2) is 5.78 Å². The van der Waals surface area contributed by atoms with Crippen molar-refractivity contribution in [2.75, 3.05) is 0 Å². The van der Waals surface area contributed by atoms with Crippen molar-refractivity contribution >= 4 is 21.7 Å². The number of halogens is 1. The maximum Gasteiger partial charge on any atom is 0.163 e. The van der Waals surface area contributed by atoms with Gasteiger partial charge >= 0.3 is 0 Å². The zero-order chi connectivity index (χ0) is 14.9. The topological polar surface area (TPSA) is 26.3 Å². The molecule has 2 unspecified atom stereocenters. The van der Waals surface area contributed by atoms with Crippen molar-refractivity contribution < 1.29 is 9.53 Å². The van der Waals surface area contributed by atoms with Gasteiger partial charge in [-0.15, -0.1) is 0 Å². The summed E-state index contributed by atoms with van der Waals surface area (Å²) in [5.41, 5.74) is 0.981. The molecule has 1 fully saturated rings. The Kier molecular flexibility index (Phi) is 4.58. The number of carbonyl (C=O) groups excluding carboxylic acids is 1. The van der Waals surface area contributed by atoms with Gasteiger partial charge in [0.2, 0.25) is 0 Å². The monoisotopic (exact) mass is 338 g/mol. The maximum atomic E-state index is 11.7. The van der Waals surface area contributed by atoms with Crippen molar-refractivity contribution in [1.82, 2.24) is 0 Å². The van der Waals surface area contributed by atoms with Crippen molar-refractivity contribution in [3.63, 3.8) is 0 Å². The van der Waals surface area contributed by atoms with Gasteiger partial charge in [-0.2, -0.15) is 0 Å². The average Bonchev–Trinajstić information content (AvgIpc) is 2.25. The van der Waals surface area contributed by atoms with Crippen LogP contribution in [0.3, 0.4) is 0 Å². The fourth-order valence-corrected chi connectivity index (χ4v) is 3.75. The molecule has 0 aliphatic heterocycles. The minimum absolute atomic E-state index is 0.0515. The van der Waals surface area contributed by atoms with Gasteiger partial charge in [0.05, 0.1) is 11.7 Å². The minimum Gasteiger partial charge on any atom is -0.490 e. The summed E-state index contributed by atoms with van der Waals surface area (Å²) in [4.78, 5) is 11.7. The summed E-state index contributed by atoms with van der Waals surface area (Å²) in [6.07, 6.45) is 3.54. The summed E-state index contributed by atoms with van der Waals surface area (Å²) < 4.78 is 7.13. The third-order valence-corrected chi connectivity index (χ3v) is 4.46. The van der Waals surface area contributed by atoms with E-state index < -0.39 is 0 Å². The summed E-state index contributed by atoms with van der Waals surface area (Å²) in [6.45, 7) is 8.46. The van der Waals surface area contributed by atoms with E-state index >= 15 is 0 Å². The van der Waals surface area contributed by atoms with Gasteiger partial charge < -0.3 is 4.74 Å². The molecule has 1 aliphatic carbocycles. The van der Waals surface area contributed by atoms with Crippen molar-refractivity contribution in [2.45, 2.75) is 53.1 Å². The quantitative estimate of drug-likeness (QED) is 0.704. The van der Waals surface area contributed by atoms with Gasteiger partial charge in [0.1, 0.15) is 5.75 Å². The molecule has 0 radical (unpaired) electrons. The Hall–Kier alpha value is -0.830. The van der Waals surface area contributed by atoms with E-state index in [9.17, 15) is 4.79 Å². The van der Waals surface area contributed by atoms with Crippen LogP contribution in [0.1, 0.15) is 57.3 Å². The summed E-state index contributed by atoms with van der Waals surface area (Å²) in [6, 6.07) is 5.62. The minimum atomic E-state index is 0.0515. The maximum absolute atomic E-state index is 11.7. The summed E-state index contributed by atoms with van der Waals surface area (Å²) in [5, 5.41) is 0. The molecule has 2 atom stereocenters. The van der Waals surface area contributed by atoms with Crippen molar-refractivity contribution in [3.8, 4) is 5.75 Å². The second-order valence-electron chi connectivity index (χ2n) is 6.85. The molecule has 1 aromatic carbocycles. The molecule has 0 bridgehead atoms. The molecule has 0 aromatic heterocycles. The molecule has 3 heteroatoms. The Labute approximate surface area is 130 Å². The Balaban J connectivity index is 2.21. The number of hydrogen-bond acceptors (Lipinski definition) is 2. The van der Waals surface area contributed by atoms with E-state index in [-0.39, 0.29) is 11.9 Å². The molecule has 0 N–H and O–H groups in total. The van der Waals surface area contributed by atoms with E-state index in [1.807, 2.05) is 18.2 Å². The van der Waals surface area contributed by atoms with E-state index in [0.29, 0.717) is 22.6 Å². The normalized spacial score (nSPS) is 25.2.